The summed E-state index contributed by atoms with van der Waals surface area (Å²) in [6, 6.07) is 52.6. The molecule has 51 heavy (non-hydrogen) atoms. The molecule has 6 aromatic carbocycles. The lowest BCUT2D eigenvalue weighted by molar-refractivity contribution is 1.02. The molecule has 0 saturated heterocycles. The maximum Gasteiger partial charge on any atom is 0.0601 e. The second kappa shape index (κ2) is 19.7. The van der Waals surface area contributed by atoms with E-state index in [1.54, 1.807) is 0 Å². The maximum absolute atomic E-state index is 2.38. The van der Waals surface area contributed by atoms with E-state index >= 15 is 0 Å². The standard InChI is InChI=1S/C38H29N3S2.4C2H6/c1-2-39(27-19-23-29(24-20-27)40-31-11-3-7-15-35(31)42-36-16-8-4-12-32(36)40)28-21-25-30(26-22-28)41-33-13-5-9-17-37(33)43-38-18-10-6-14-34(38)41;4*1-2/h3-26H,2H2,1H3;4*1-2H3. The summed E-state index contributed by atoms with van der Waals surface area (Å²) in [7, 11) is 0. The minimum Gasteiger partial charge on any atom is -0.342 e. The molecule has 3 nitrogen and oxygen atoms in total. The van der Waals surface area contributed by atoms with Gasteiger partial charge in [0.15, 0.2) is 0 Å². The van der Waals surface area contributed by atoms with E-state index in [9.17, 15) is 0 Å². The topological polar surface area (TPSA) is 9.72 Å². The lowest BCUT2D eigenvalue weighted by atomic mass is 10.1. The Balaban J connectivity index is 0.000000684. The summed E-state index contributed by atoms with van der Waals surface area (Å²) in [5.41, 5.74) is 9.57. The smallest absolute Gasteiger partial charge is 0.0601 e. The Morgan fingerprint density at radius 1 is 0.373 bits per heavy atom. The molecule has 2 heterocycles. The Morgan fingerprint density at radius 3 is 0.882 bits per heavy atom. The molecule has 0 fully saturated rings. The van der Waals surface area contributed by atoms with Gasteiger partial charge in [-0.25, -0.2) is 0 Å². The number of anilines is 8. The molecule has 0 atom stereocenters. The summed E-state index contributed by atoms with van der Waals surface area (Å²) < 4.78 is 0. The minimum atomic E-state index is 0.872. The van der Waals surface area contributed by atoms with Crippen molar-refractivity contribution < 1.29 is 0 Å². The number of benzene rings is 6. The highest BCUT2D eigenvalue weighted by molar-refractivity contribution is 8.00. The van der Waals surface area contributed by atoms with Gasteiger partial charge < -0.3 is 14.7 Å². The van der Waals surface area contributed by atoms with Crippen LogP contribution in [0.4, 0.5) is 45.5 Å². The second-order valence-electron chi connectivity index (χ2n) is 10.5. The van der Waals surface area contributed by atoms with Gasteiger partial charge in [-0.2, -0.15) is 0 Å². The van der Waals surface area contributed by atoms with Gasteiger partial charge in [-0.05, 0) is 104 Å². The van der Waals surface area contributed by atoms with Gasteiger partial charge in [-0.3, -0.25) is 0 Å². The zero-order valence-electron chi connectivity index (χ0n) is 31.7. The van der Waals surface area contributed by atoms with Crippen LogP contribution < -0.4 is 14.7 Å². The van der Waals surface area contributed by atoms with Crippen LogP contribution in [0.1, 0.15) is 62.3 Å². The van der Waals surface area contributed by atoms with E-state index in [2.05, 4.69) is 167 Å². The summed E-state index contributed by atoms with van der Waals surface area (Å²) in [6.07, 6.45) is 0. The predicted molar refractivity (Wildman–Crippen MR) is 229 cm³/mol. The maximum atomic E-state index is 2.38. The van der Waals surface area contributed by atoms with Crippen LogP contribution in [0, 0.1) is 0 Å². The van der Waals surface area contributed by atoms with Crippen molar-refractivity contribution in [2.75, 3.05) is 21.2 Å². The predicted octanol–water partition coefficient (Wildman–Crippen LogP) is 15.8. The van der Waals surface area contributed by atoms with Crippen molar-refractivity contribution in [2.45, 2.75) is 81.9 Å². The first-order chi connectivity index (χ1) is 25.3. The monoisotopic (exact) mass is 711 g/mol. The molecule has 0 amide bonds. The molecule has 0 saturated carbocycles. The molecule has 0 unspecified atom stereocenters. The average molecular weight is 712 g/mol. The highest BCUT2D eigenvalue weighted by Gasteiger charge is 2.26. The van der Waals surface area contributed by atoms with Gasteiger partial charge in [-0.15, -0.1) is 0 Å². The van der Waals surface area contributed by atoms with Crippen molar-refractivity contribution >= 4 is 69.0 Å². The van der Waals surface area contributed by atoms with E-state index in [1.807, 2.05) is 78.9 Å². The van der Waals surface area contributed by atoms with E-state index in [1.165, 1.54) is 53.7 Å². The number of para-hydroxylation sites is 4. The fraction of sp³-hybridized carbons (Fsp3) is 0.217. The summed E-state index contributed by atoms with van der Waals surface area (Å²) in [5, 5.41) is 0. The molecule has 2 aliphatic heterocycles. The first-order valence-corrected chi connectivity index (χ1v) is 20.2. The van der Waals surface area contributed by atoms with Crippen molar-refractivity contribution in [1.82, 2.24) is 0 Å². The number of hydrogen-bond acceptors (Lipinski definition) is 5. The van der Waals surface area contributed by atoms with Gasteiger partial charge in [0.05, 0.1) is 22.7 Å². The molecule has 6 aromatic rings. The van der Waals surface area contributed by atoms with E-state index in [-0.39, 0.29) is 0 Å². The lowest BCUT2D eigenvalue weighted by Crippen LogP contribution is -2.18. The van der Waals surface area contributed by atoms with Crippen molar-refractivity contribution in [3.8, 4) is 0 Å². The van der Waals surface area contributed by atoms with Gasteiger partial charge in [0.1, 0.15) is 0 Å². The van der Waals surface area contributed by atoms with E-state index in [0.717, 1.165) is 17.9 Å². The Kier molecular flexibility index (Phi) is 15.2. The molecule has 0 radical (unpaired) electrons. The van der Waals surface area contributed by atoms with Gasteiger partial charge in [0.2, 0.25) is 0 Å². The molecular weight excluding hydrogens is 659 g/mol. The van der Waals surface area contributed by atoms with Gasteiger partial charge in [0, 0.05) is 48.9 Å². The lowest BCUT2D eigenvalue weighted by Gasteiger charge is -2.33. The number of rotatable bonds is 5. The van der Waals surface area contributed by atoms with E-state index < -0.39 is 0 Å². The summed E-state index contributed by atoms with van der Waals surface area (Å²) >= 11 is 3.68. The molecule has 5 heteroatoms. The second-order valence-corrected chi connectivity index (χ2v) is 12.7. The van der Waals surface area contributed by atoms with Crippen molar-refractivity contribution in [2.24, 2.45) is 0 Å². The van der Waals surface area contributed by atoms with E-state index in [4.69, 9.17) is 0 Å². The third-order valence-electron chi connectivity index (χ3n) is 8.02. The Hall–Kier alpha value is -4.58. The third kappa shape index (κ3) is 8.32. The fourth-order valence-electron chi connectivity index (χ4n) is 6.04. The number of hydrogen-bond donors (Lipinski definition) is 0. The van der Waals surface area contributed by atoms with E-state index in [0.29, 0.717) is 0 Å². The summed E-state index contributed by atoms with van der Waals surface area (Å²) in [4.78, 5) is 12.2. The van der Waals surface area contributed by atoms with Gasteiger partial charge in [0.25, 0.3) is 0 Å². The van der Waals surface area contributed by atoms with Crippen LogP contribution >= 0.6 is 23.5 Å². The van der Waals surface area contributed by atoms with Crippen molar-refractivity contribution in [3.05, 3.63) is 146 Å². The van der Waals surface area contributed by atoms with Crippen LogP contribution in [0.2, 0.25) is 0 Å². The summed E-state index contributed by atoms with van der Waals surface area (Å²) in [5.74, 6) is 0. The fourth-order valence-corrected chi connectivity index (χ4v) is 8.16. The molecular formula is C46H53N3S2. The molecule has 0 N–H and O–H groups in total. The normalized spacial score (nSPS) is 11.5. The third-order valence-corrected chi connectivity index (χ3v) is 10.3. The largest absolute Gasteiger partial charge is 0.342 e. The zero-order valence-corrected chi connectivity index (χ0v) is 33.4. The highest BCUT2D eigenvalue weighted by atomic mass is 32.2. The average Bonchev–Trinajstić information content (AvgIpc) is 3.23. The molecule has 264 valence electrons. The Bertz CT molecular complexity index is 1700. The van der Waals surface area contributed by atoms with Crippen molar-refractivity contribution in [3.63, 3.8) is 0 Å². The Morgan fingerprint density at radius 2 is 0.627 bits per heavy atom. The zero-order chi connectivity index (χ0) is 36.8. The highest BCUT2D eigenvalue weighted by Crippen LogP contribution is 2.52. The molecule has 0 aliphatic carbocycles. The SMILES string of the molecule is CC.CC.CC.CC.CCN(c1ccc(N2c3ccccc3Sc3ccccc32)cc1)c1ccc(N2c3ccccc3Sc3ccccc32)cc1. The van der Waals surface area contributed by atoms with Crippen LogP contribution in [0.5, 0.6) is 0 Å². The van der Waals surface area contributed by atoms with Gasteiger partial charge >= 0.3 is 0 Å². The molecule has 2 aliphatic rings. The number of fused-ring (bicyclic) bond motifs is 4. The van der Waals surface area contributed by atoms with Crippen LogP contribution in [-0.4, -0.2) is 6.54 Å². The quantitative estimate of drug-likeness (QED) is 0.175. The molecule has 0 bridgehead atoms. The van der Waals surface area contributed by atoms with Crippen LogP contribution in [0.25, 0.3) is 0 Å². The molecule has 0 aromatic heterocycles. The van der Waals surface area contributed by atoms with Gasteiger partial charge in [-0.1, -0.05) is 127 Å². The first kappa shape index (κ1) is 39.2. The Labute approximate surface area is 316 Å². The van der Waals surface area contributed by atoms with Crippen LogP contribution in [0.3, 0.4) is 0 Å². The number of nitrogens with zero attached hydrogens (tertiary/aromatic N) is 3. The minimum absolute atomic E-state index is 0.872. The van der Waals surface area contributed by atoms with Crippen LogP contribution in [0.15, 0.2) is 165 Å². The molecule has 0 spiro atoms. The summed E-state index contributed by atoms with van der Waals surface area (Å²) in [6.45, 7) is 19.1. The van der Waals surface area contributed by atoms with Crippen LogP contribution in [-0.2, 0) is 0 Å². The first-order valence-electron chi connectivity index (χ1n) is 18.6. The van der Waals surface area contributed by atoms with Crippen molar-refractivity contribution in [1.29, 1.82) is 0 Å². The molecule has 8 rings (SSSR count).